The SMILES string of the molecule is Cc1ccc(F)cc1CC(=O)C1(C)CCCCO1. The van der Waals surface area contributed by atoms with Gasteiger partial charge in [0.15, 0.2) is 5.78 Å². The summed E-state index contributed by atoms with van der Waals surface area (Å²) < 4.78 is 18.8. The van der Waals surface area contributed by atoms with Crippen LogP contribution in [0.4, 0.5) is 4.39 Å². The van der Waals surface area contributed by atoms with Crippen molar-refractivity contribution < 1.29 is 13.9 Å². The molecule has 2 nitrogen and oxygen atoms in total. The third kappa shape index (κ3) is 2.78. The molecule has 0 amide bonds. The Morgan fingerprint density at radius 2 is 2.22 bits per heavy atom. The Balaban J connectivity index is 2.13. The van der Waals surface area contributed by atoms with Crippen LogP contribution in [0.25, 0.3) is 0 Å². The highest BCUT2D eigenvalue weighted by atomic mass is 19.1. The number of halogens is 1. The van der Waals surface area contributed by atoms with Gasteiger partial charge < -0.3 is 4.74 Å². The number of carbonyl (C=O) groups is 1. The molecule has 1 aliphatic rings. The quantitative estimate of drug-likeness (QED) is 0.823. The fraction of sp³-hybridized carbons (Fsp3) is 0.533. The number of hydrogen-bond acceptors (Lipinski definition) is 2. The van der Waals surface area contributed by atoms with Crippen molar-refractivity contribution in [3.63, 3.8) is 0 Å². The van der Waals surface area contributed by atoms with Crippen molar-refractivity contribution >= 4 is 5.78 Å². The molecule has 1 atom stereocenters. The molecule has 3 heteroatoms. The number of ether oxygens (including phenoxy) is 1. The van der Waals surface area contributed by atoms with Gasteiger partial charge in [-0.05, 0) is 56.4 Å². The fourth-order valence-corrected chi connectivity index (χ4v) is 2.34. The molecule has 18 heavy (non-hydrogen) atoms. The van der Waals surface area contributed by atoms with Gasteiger partial charge in [-0.3, -0.25) is 4.79 Å². The minimum atomic E-state index is -0.684. The summed E-state index contributed by atoms with van der Waals surface area (Å²) in [6.45, 7) is 4.39. The summed E-state index contributed by atoms with van der Waals surface area (Å²) >= 11 is 0. The van der Waals surface area contributed by atoms with E-state index >= 15 is 0 Å². The van der Waals surface area contributed by atoms with E-state index in [1.165, 1.54) is 12.1 Å². The summed E-state index contributed by atoms with van der Waals surface area (Å²) in [5.41, 5.74) is 1.02. The van der Waals surface area contributed by atoms with Gasteiger partial charge in [0.2, 0.25) is 0 Å². The maximum absolute atomic E-state index is 13.2. The van der Waals surface area contributed by atoms with Crippen LogP contribution >= 0.6 is 0 Å². The zero-order valence-corrected chi connectivity index (χ0v) is 11.0. The van der Waals surface area contributed by atoms with Crippen LogP contribution in [-0.4, -0.2) is 18.0 Å². The predicted octanol–water partition coefficient (Wildman–Crippen LogP) is 3.20. The molecule has 1 aliphatic heterocycles. The van der Waals surface area contributed by atoms with Gasteiger partial charge in [0.25, 0.3) is 0 Å². The zero-order valence-electron chi connectivity index (χ0n) is 11.0. The average Bonchev–Trinajstić information content (AvgIpc) is 2.35. The predicted molar refractivity (Wildman–Crippen MR) is 68.1 cm³/mol. The van der Waals surface area contributed by atoms with Crippen LogP contribution in [0.2, 0.25) is 0 Å². The van der Waals surface area contributed by atoms with Gasteiger partial charge >= 0.3 is 0 Å². The van der Waals surface area contributed by atoms with Crippen LogP contribution in [0.3, 0.4) is 0 Å². The van der Waals surface area contributed by atoms with Crippen LogP contribution in [0.5, 0.6) is 0 Å². The van der Waals surface area contributed by atoms with Crippen LogP contribution in [0, 0.1) is 12.7 Å². The largest absolute Gasteiger partial charge is 0.367 e. The van der Waals surface area contributed by atoms with E-state index in [0.29, 0.717) is 6.61 Å². The van der Waals surface area contributed by atoms with Gasteiger partial charge in [-0.15, -0.1) is 0 Å². The molecule has 1 saturated heterocycles. The van der Waals surface area contributed by atoms with Gasteiger partial charge in [-0.2, -0.15) is 0 Å². The summed E-state index contributed by atoms with van der Waals surface area (Å²) in [6.07, 6.45) is 3.05. The molecular formula is C15H19FO2. The highest BCUT2D eigenvalue weighted by Crippen LogP contribution is 2.27. The number of Topliss-reactive ketones (excluding diaryl/α,β-unsaturated/α-hetero) is 1. The maximum atomic E-state index is 13.2. The van der Waals surface area contributed by atoms with Gasteiger partial charge in [0.1, 0.15) is 11.4 Å². The summed E-state index contributed by atoms with van der Waals surface area (Å²) in [4.78, 5) is 12.3. The Bertz CT molecular complexity index is 448. The zero-order chi connectivity index (χ0) is 13.2. The number of rotatable bonds is 3. The Morgan fingerprint density at radius 1 is 1.44 bits per heavy atom. The van der Waals surface area contributed by atoms with E-state index in [2.05, 4.69) is 0 Å². The van der Waals surface area contributed by atoms with Gasteiger partial charge in [0, 0.05) is 13.0 Å². The van der Waals surface area contributed by atoms with E-state index in [-0.39, 0.29) is 18.0 Å². The molecule has 1 unspecified atom stereocenters. The molecular weight excluding hydrogens is 231 g/mol. The lowest BCUT2D eigenvalue weighted by molar-refractivity contribution is -0.147. The average molecular weight is 250 g/mol. The normalized spacial score (nSPS) is 23.9. The summed E-state index contributed by atoms with van der Waals surface area (Å²) in [6, 6.07) is 4.57. The van der Waals surface area contributed by atoms with Gasteiger partial charge in [-0.1, -0.05) is 6.07 Å². The maximum Gasteiger partial charge on any atom is 0.168 e. The number of carbonyl (C=O) groups excluding carboxylic acids is 1. The van der Waals surface area contributed by atoms with E-state index in [1.807, 2.05) is 13.8 Å². The second-order valence-electron chi connectivity index (χ2n) is 5.21. The van der Waals surface area contributed by atoms with Crippen LogP contribution in [-0.2, 0) is 16.0 Å². The van der Waals surface area contributed by atoms with Crippen LogP contribution in [0.15, 0.2) is 18.2 Å². The minimum absolute atomic E-state index is 0.0518. The fourth-order valence-electron chi connectivity index (χ4n) is 2.34. The second-order valence-corrected chi connectivity index (χ2v) is 5.21. The molecule has 1 heterocycles. The number of ketones is 1. The first-order valence-corrected chi connectivity index (χ1v) is 6.43. The topological polar surface area (TPSA) is 26.3 Å². The molecule has 2 rings (SSSR count). The molecule has 0 bridgehead atoms. The van der Waals surface area contributed by atoms with E-state index in [1.54, 1.807) is 6.07 Å². The van der Waals surface area contributed by atoms with E-state index in [9.17, 15) is 9.18 Å². The Kier molecular flexibility index (Phi) is 3.81. The lowest BCUT2D eigenvalue weighted by atomic mass is 9.87. The Labute approximate surface area is 107 Å². The van der Waals surface area contributed by atoms with E-state index in [0.717, 1.165) is 30.4 Å². The molecule has 1 aromatic carbocycles. The monoisotopic (exact) mass is 250 g/mol. The molecule has 0 aliphatic carbocycles. The second kappa shape index (κ2) is 5.19. The molecule has 0 spiro atoms. The third-order valence-corrected chi connectivity index (χ3v) is 3.72. The Hall–Kier alpha value is -1.22. The molecule has 0 N–H and O–H groups in total. The van der Waals surface area contributed by atoms with Crippen LogP contribution < -0.4 is 0 Å². The van der Waals surface area contributed by atoms with Crippen LogP contribution in [0.1, 0.15) is 37.3 Å². The van der Waals surface area contributed by atoms with Crippen molar-refractivity contribution in [3.05, 3.63) is 35.1 Å². The molecule has 0 aromatic heterocycles. The molecule has 98 valence electrons. The van der Waals surface area contributed by atoms with Crippen molar-refractivity contribution in [1.82, 2.24) is 0 Å². The summed E-state index contributed by atoms with van der Waals surface area (Å²) in [5.74, 6) is -0.242. The van der Waals surface area contributed by atoms with Crippen molar-refractivity contribution in [3.8, 4) is 0 Å². The van der Waals surface area contributed by atoms with Gasteiger partial charge in [-0.25, -0.2) is 4.39 Å². The lowest BCUT2D eigenvalue weighted by Gasteiger charge is -2.32. The van der Waals surface area contributed by atoms with E-state index in [4.69, 9.17) is 4.74 Å². The first-order chi connectivity index (χ1) is 8.51. The van der Waals surface area contributed by atoms with E-state index < -0.39 is 5.60 Å². The standard InChI is InChI=1S/C15H19FO2/c1-11-5-6-13(16)9-12(11)10-14(17)15(2)7-3-4-8-18-15/h5-6,9H,3-4,7-8,10H2,1-2H3. The molecule has 0 radical (unpaired) electrons. The third-order valence-electron chi connectivity index (χ3n) is 3.72. The first kappa shape index (κ1) is 13.2. The molecule has 1 aromatic rings. The summed E-state index contributed by atoms with van der Waals surface area (Å²) in [7, 11) is 0. The number of hydrogen-bond donors (Lipinski definition) is 0. The van der Waals surface area contributed by atoms with Crippen molar-refractivity contribution in [2.45, 2.75) is 45.1 Å². The summed E-state index contributed by atoms with van der Waals surface area (Å²) in [5, 5.41) is 0. The smallest absolute Gasteiger partial charge is 0.168 e. The molecule has 0 saturated carbocycles. The first-order valence-electron chi connectivity index (χ1n) is 6.43. The van der Waals surface area contributed by atoms with Crippen molar-refractivity contribution in [1.29, 1.82) is 0 Å². The molecule has 1 fully saturated rings. The van der Waals surface area contributed by atoms with Crippen molar-refractivity contribution in [2.75, 3.05) is 6.61 Å². The highest BCUT2D eigenvalue weighted by molar-refractivity contribution is 5.89. The minimum Gasteiger partial charge on any atom is -0.367 e. The lowest BCUT2D eigenvalue weighted by Crippen LogP contribution is -2.42. The number of aryl methyl sites for hydroxylation is 1. The van der Waals surface area contributed by atoms with Crippen molar-refractivity contribution in [2.24, 2.45) is 0 Å². The Morgan fingerprint density at radius 3 is 2.89 bits per heavy atom. The highest BCUT2D eigenvalue weighted by Gasteiger charge is 2.35. The van der Waals surface area contributed by atoms with Gasteiger partial charge in [0.05, 0.1) is 0 Å². The number of benzene rings is 1.